The van der Waals surface area contributed by atoms with Crippen molar-refractivity contribution in [1.82, 2.24) is 10.6 Å². The van der Waals surface area contributed by atoms with Gasteiger partial charge in [0.05, 0.1) is 31.4 Å². The molecule has 2 amide bonds. The van der Waals surface area contributed by atoms with Crippen LogP contribution in [0.4, 0.5) is 0 Å². The number of rotatable bonds is 7. The number of nitrogens with one attached hydrogen (secondary N) is 2. The second-order valence-electron chi connectivity index (χ2n) is 5.06. The smallest absolute Gasteiger partial charge is 0.307 e. The minimum atomic E-state index is -0.771. The molecule has 0 bridgehead atoms. The molecule has 7 nitrogen and oxygen atoms in total. The number of hydrogen-bond acceptors (Lipinski definition) is 6. The van der Waals surface area contributed by atoms with Crippen LogP contribution in [0.15, 0.2) is 40.5 Å². The third-order valence-electron chi connectivity index (χ3n) is 3.33. The van der Waals surface area contributed by atoms with Gasteiger partial charge in [0.2, 0.25) is 5.91 Å². The summed E-state index contributed by atoms with van der Waals surface area (Å²) in [4.78, 5) is 36.7. The van der Waals surface area contributed by atoms with Crippen LogP contribution in [0.25, 0.3) is 0 Å². The molecule has 2 atom stereocenters. The fourth-order valence-corrected chi connectivity index (χ4v) is 2.78. The van der Waals surface area contributed by atoms with Gasteiger partial charge < -0.3 is 19.8 Å². The van der Waals surface area contributed by atoms with Crippen molar-refractivity contribution in [2.45, 2.75) is 25.4 Å². The predicted molar refractivity (Wildman–Crippen MR) is 87.5 cm³/mol. The molecule has 0 aliphatic rings. The minimum absolute atomic E-state index is 0.0190. The monoisotopic (exact) mass is 350 g/mol. The Morgan fingerprint density at radius 1 is 1.29 bits per heavy atom. The van der Waals surface area contributed by atoms with Crippen LogP contribution >= 0.6 is 11.3 Å². The van der Waals surface area contributed by atoms with E-state index in [1.807, 2.05) is 17.5 Å². The van der Waals surface area contributed by atoms with Crippen molar-refractivity contribution in [2.24, 2.45) is 0 Å². The second kappa shape index (κ2) is 8.30. The summed E-state index contributed by atoms with van der Waals surface area (Å²) in [5.74, 6) is -1.23. The number of thiophene rings is 1. The van der Waals surface area contributed by atoms with Crippen molar-refractivity contribution in [3.05, 3.63) is 46.5 Å². The first kappa shape index (κ1) is 17.7. The maximum Gasteiger partial charge on any atom is 0.307 e. The lowest BCUT2D eigenvalue weighted by Gasteiger charge is -2.20. The molecule has 0 aliphatic heterocycles. The third-order valence-corrected chi connectivity index (χ3v) is 4.31. The van der Waals surface area contributed by atoms with Gasteiger partial charge in [0.1, 0.15) is 12.3 Å². The zero-order valence-corrected chi connectivity index (χ0v) is 14.1. The average molecular weight is 350 g/mol. The van der Waals surface area contributed by atoms with E-state index in [1.165, 1.54) is 37.0 Å². The summed E-state index contributed by atoms with van der Waals surface area (Å²) in [5.41, 5.74) is 0.332. The summed E-state index contributed by atoms with van der Waals surface area (Å²) in [6.07, 6.45) is 2.69. The van der Waals surface area contributed by atoms with E-state index in [0.29, 0.717) is 5.56 Å². The molecule has 24 heavy (non-hydrogen) atoms. The molecule has 0 aromatic carbocycles. The molecular formula is C16H18N2O5S. The Morgan fingerprint density at radius 3 is 2.67 bits per heavy atom. The van der Waals surface area contributed by atoms with E-state index in [9.17, 15) is 14.4 Å². The van der Waals surface area contributed by atoms with E-state index in [-0.39, 0.29) is 6.42 Å². The fourth-order valence-electron chi connectivity index (χ4n) is 2.00. The fraction of sp³-hybridized carbons (Fsp3) is 0.312. The zero-order chi connectivity index (χ0) is 17.5. The second-order valence-corrected chi connectivity index (χ2v) is 6.04. The molecule has 0 fully saturated rings. The van der Waals surface area contributed by atoms with Gasteiger partial charge in [0.15, 0.2) is 0 Å². The van der Waals surface area contributed by atoms with Gasteiger partial charge >= 0.3 is 5.97 Å². The lowest BCUT2D eigenvalue weighted by molar-refractivity contribution is -0.141. The van der Waals surface area contributed by atoms with Crippen LogP contribution < -0.4 is 10.6 Å². The highest BCUT2D eigenvalue weighted by Crippen LogP contribution is 2.22. The van der Waals surface area contributed by atoms with Gasteiger partial charge in [-0.2, -0.15) is 0 Å². The van der Waals surface area contributed by atoms with E-state index in [2.05, 4.69) is 15.4 Å². The highest BCUT2D eigenvalue weighted by molar-refractivity contribution is 7.10. The average Bonchev–Trinajstić information content (AvgIpc) is 3.26. The number of carbonyl (C=O) groups is 3. The maximum atomic E-state index is 12.3. The maximum absolute atomic E-state index is 12.3. The van der Waals surface area contributed by atoms with Crippen molar-refractivity contribution in [3.8, 4) is 0 Å². The number of methoxy groups -OCH3 is 1. The van der Waals surface area contributed by atoms with Gasteiger partial charge in [0.25, 0.3) is 5.91 Å². The molecule has 2 aromatic rings. The first-order valence-corrected chi connectivity index (χ1v) is 8.13. The summed E-state index contributed by atoms with van der Waals surface area (Å²) >= 11 is 1.43. The van der Waals surface area contributed by atoms with Gasteiger partial charge in [0, 0.05) is 4.88 Å². The van der Waals surface area contributed by atoms with Crippen LogP contribution in [0, 0.1) is 0 Å². The van der Waals surface area contributed by atoms with E-state index >= 15 is 0 Å². The minimum Gasteiger partial charge on any atom is -0.472 e. The first-order chi connectivity index (χ1) is 11.5. The van der Waals surface area contributed by atoms with Crippen molar-refractivity contribution in [1.29, 1.82) is 0 Å². The number of carbonyl (C=O) groups excluding carboxylic acids is 3. The largest absolute Gasteiger partial charge is 0.472 e. The number of hydrogen-bond donors (Lipinski definition) is 2. The highest BCUT2D eigenvalue weighted by atomic mass is 32.1. The Labute approximate surface area is 143 Å². The molecule has 2 N–H and O–H groups in total. The molecule has 2 aromatic heterocycles. The molecule has 0 radical (unpaired) electrons. The van der Waals surface area contributed by atoms with Gasteiger partial charge in [-0.15, -0.1) is 11.3 Å². The number of amides is 2. The Kier molecular flexibility index (Phi) is 6.14. The summed E-state index contributed by atoms with van der Waals surface area (Å²) in [5, 5.41) is 7.20. The molecule has 2 heterocycles. The predicted octanol–water partition coefficient (Wildman–Crippen LogP) is 1.88. The van der Waals surface area contributed by atoms with Crippen LogP contribution in [-0.2, 0) is 14.3 Å². The zero-order valence-electron chi connectivity index (χ0n) is 13.3. The number of esters is 1. The Bertz CT molecular complexity index is 681. The van der Waals surface area contributed by atoms with E-state index < -0.39 is 29.9 Å². The Balaban J connectivity index is 1.98. The lowest BCUT2D eigenvalue weighted by Crippen LogP contribution is -2.46. The molecular weight excluding hydrogens is 332 g/mol. The summed E-state index contributed by atoms with van der Waals surface area (Å²) < 4.78 is 9.50. The van der Waals surface area contributed by atoms with Crippen molar-refractivity contribution >= 4 is 29.1 Å². The highest BCUT2D eigenvalue weighted by Gasteiger charge is 2.24. The topological polar surface area (TPSA) is 97.6 Å². The van der Waals surface area contributed by atoms with Crippen molar-refractivity contribution in [2.75, 3.05) is 7.11 Å². The number of furan rings is 1. The Morgan fingerprint density at radius 2 is 2.08 bits per heavy atom. The van der Waals surface area contributed by atoms with Gasteiger partial charge in [-0.05, 0) is 24.4 Å². The van der Waals surface area contributed by atoms with Crippen LogP contribution in [0.5, 0.6) is 0 Å². The van der Waals surface area contributed by atoms with Gasteiger partial charge in [-0.25, -0.2) is 0 Å². The Hall–Kier alpha value is -2.61. The molecule has 0 aliphatic carbocycles. The van der Waals surface area contributed by atoms with Crippen LogP contribution in [-0.4, -0.2) is 30.9 Å². The SMILES string of the molecule is COC(=O)CC(NC(=O)C(C)NC(=O)c1ccoc1)c1cccs1. The molecule has 2 rings (SSSR count). The normalized spacial score (nSPS) is 12.9. The third kappa shape index (κ3) is 4.69. The molecule has 128 valence electrons. The quantitative estimate of drug-likeness (QED) is 0.743. The molecule has 0 saturated heterocycles. The lowest BCUT2D eigenvalue weighted by atomic mass is 10.1. The summed E-state index contributed by atoms with van der Waals surface area (Å²) in [6, 6.07) is 3.89. The van der Waals surface area contributed by atoms with Gasteiger partial charge in [-0.1, -0.05) is 6.07 Å². The first-order valence-electron chi connectivity index (χ1n) is 7.25. The van der Waals surface area contributed by atoms with Crippen LogP contribution in [0.3, 0.4) is 0 Å². The van der Waals surface area contributed by atoms with Crippen LogP contribution in [0.1, 0.15) is 34.6 Å². The summed E-state index contributed by atoms with van der Waals surface area (Å²) in [7, 11) is 1.30. The standard InChI is InChI=1S/C16H18N2O5S/c1-10(17-16(21)11-5-6-23-9-11)15(20)18-12(8-14(19)22-2)13-4-3-7-24-13/h3-7,9-10,12H,8H2,1-2H3,(H,17,21)(H,18,20). The van der Waals surface area contributed by atoms with E-state index in [4.69, 9.17) is 4.42 Å². The number of ether oxygens (including phenoxy) is 1. The summed E-state index contributed by atoms with van der Waals surface area (Å²) in [6.45, 7) is 1.57. The molecule has 0 saturated carbocycles. The molecule has 2 unspecified atom stereocenters. The van der Waals surface area contributed by atoms with Crippen LogP contribution in [0.2, 0.25) is 0 Å². The van der Waals surface area contributed by atoms with Crippen molar-refractivity contribution < 1.29 is 23.5 Å². The van der Waals surface area contributed by atoms with E-state index in [1.54, 1.807) is 6.92 Å². The molecule has 8 heteroatoms. The van der Waals surface area contributed by atoms with Gasteiger partial charge in [-0.3, -0.25) is 14.4 Å². The van der Waals surface area contributed by atoms with E-state index in [0.717, 1.165) is 4.88 Å². The molecule has 0 spiro atoms. The van der Waals surface area contributed by atoms with Crippen molar-refractivity contribution in [3.63, 3.8) is 0 Å².